The minimum atomic E-state index is -5.03. The number of phosphoric ester groups is 2. The van der Waals surface area contributed by atoms with Crippen LogP contribution >= 0.6 is 15.6 Å². The first-order valence-electron chi connectivity index (χ1n) is 41.6. The van der Waals surface area contributed by atoms with Crippen LogP contribution in [0.4, 0.5) is 0 Å². The van der Waals surface area contributed by atoms with Gasteiger partial charge >= 0.3 is 39.5 Å². The Bertz CT molecular complexity index is 3040. The Hall–Kier alpha value is -6.88. The molecule has 19 heteroatoms. The van der Waals surface area contributed by atoms with Crippen LogP contribution in [0.25, 0.3) is 0 Å². The molecule has 0 aliphatic rings. The summed E-state index contributed by atoms with van der Waals surface area (Å²) in [6.07, 6.45) is 106. The van der Waals surface area contributed by atoms with Gasteiger partial charge in [-0.25, -0.2) is 9.13 Å². The number of unbranched alkanes of at least 4 members (excludes halogenated alkanes) is 11. The quantitative estimate of drug-likeness (QED) is 0.0169. The van der Waals surface area contributed by atoms with E-state index >= 15 is 0 Å². The van der Waals surface area contributed by atoms with E-state index in [0.717, 1.165) is 161 Å². The van der Waals surface area contributed by atoms with Crippen molar-refractivity contribution in [1.29, 1.82) is 0 Å². The van der Waals surface area contributed by atoms with E-state index in [9.17, 15) is 43.2 Å². The molecule has 5 atom stereocenters. The van der Waals surface area contributed by atoms with Gasteiger partial charge in [0.25, 0.3) is 0 Å². The molecule has 112 heavy (non-hydrogen) atoms. The van der Waals surface area contributed by atoms with Gasteiger partial charge in [-0.15, -0.1) is 0 Å². The van der Waals surface area contributed by atoms with E-state index in [4.69, 9.17) is 37.0 Å². The van der Waals surface area contributed by atoms with Crippen molar-refractivity contribution in [3.8, 4) is 0 Å². The van der Waals surface area contributed by atoms with Gasteiger partial charge in [-0.3, -0.25) is 37.3 Å². The SMILES string of the molecule is CC/C=C\C/C=C\C/C=C\C/C=C\C/C=C\C/C=C\CCC(=O)OC[C@H](COP(=O)(O)OC[C@@H](O)COP(=O)(O)OC[C@@H](COC(=O)CCCCCCC/C=C\C/C=C\CCCCC)OC(=O)CC/C=C\C/C=C\C/C=C\C/C=C\C/C=C\C/C=C\CC)OC(=O)CCCCC/C=C\C/C=C\C/C=C\C/C=C\C/C=C\CC. The van der Waals surface area contributed by atoms with E-state index in [1.165, 1.54) is 19.3 Å². The van der Waals surface area contributed by atoms with E-state index in [1.54, 1.807) is 0 Å². The molecule has 0 aromatic heterocycles. The van der Waals surface area contributed by atoms with Crippen molar-refractivity contribution in [2.75, 3.05) is 39.6 Å². The Morgan fingerprint density at radius 3 is 0.795 bits per heavy atom. The maximum absolute atomic E-state index is 13.1. The fourth-order valence-electron chi connectivity index (χ4n) is 9.92. The van der Waals surface area contributed by atoms with E-state index in [1.807, 2.05) is 36.5 Å². The number of phosphoric acid groups is 2. The monoisotopic (exact) mass is 1590 g/mol. The first-order chi connectivity index (χ1) is 54.7. The number of esters is 4. The maximum atomic E-state index is 13.1. The van der Waals surface area contributed by atoms with Crippen LogP contribution in [0.2, 0.25) is 0 Å². The fraction of sp³-hybridized carbons (Fsp3) is 0.548. The van der Waals surface area contributed by atoms with Crippen LogP contribution < -0.4 is 0 Å². The summed E-state index contributed by atoms with van der Waals surface area (Å²) in [6.45, 7) is 4.24. The zero-order valence-electron chi connectivity index (χ0n) is 68.7. The van der Waals surface area contributed by atoms with Crippen LogP contribution in [0.15, 0.2) is 231 Å². The van der Waals surface area contributed by atoms with Crippen LogP contribution in [0, 0.1) is 0 Å². The van der Waals surface area contributed by atoms with Crippen molar-refractivity contribution in [1.82, 2.24) is 0 Å². The van der Waals surface area contributed by atoms with E-state index in [-0.39, 0.29) is 25.7 Å². The molecule has 0 saturated heterocycles. The second-order valence-electron chi connectivity index (χ2n) is 26.6. The molecular formula is C93H144O17P2. The average Bonchev–Trinajstić information content (AvgIpc) is 0.908. The molecule has 628 valence electrons. The van der Waals surface area contributed by atoms with Gasteiger partial charge in [-0.05, 0) is 180 Å². The summed E-state index contributed by atoms with van der Waals surface area (Å²) < 4.78 is 68.5. The lowest BCUT2D eigenvalue weighted by Gasteiger charge is -2.21. The number of ether oxygens (including phenoxy) is 4. The van der Waals surface area contributed by atoms with Crippen molar-refractivity contribution in [3.63, 3.8) is 0 Å². The van der Waals surface area contributed by atoms with Crippen LogP contribution in [-0.4, -0.2) is 96.7 Å². The van der Waals surface area contributed by atoms with Crippen LogP contribution in [0.1, 0.15) is 272 Å². The van der Waals surface area contributed by atoms with Gasteiger partial charge < -0.3 is 33.8 Å². The van der Waals surface area contributed by atoms with E-state index in [2.05, 4.69) is 222 Å². The number of carbonyl (C=O) groups is 4. The number of rotatable bonds is 75. The lowest BCUT2D eigenvalue weighted by atomic mass is 10.1. The van der Waals surface area contributed by atoms with E-state index < -0.39 is 97.5 Å². The molecule has 2 unspecified atom stereocenters. The second-order valence-corrected chi connectivity index (χ2v) is 29.5. The Balaban J connectivity index is 5.60. The summed E-state index contributed by atoms with van der Waals surface area (Å²) in [7, 11) is -10.1. The highest BCUT2D eigenvalue weighted by molar-refractivity contribution is 7.47. The van der Waals surface area contributed by atoms with Gasteiger partial charge in [0, 0.05) is 25.7 Å². The maximum Gasteiger partial charge on any atom is 0.472 e. The van der Waals surface area contributed by atoms with Crippen molar-refractivity contribution in [2.24, 2.45) is 0 Å². The van der Waals surface area contributed by atoms with Gasteiger partial charge in [0.1, 0.15) is 19.3 Å². The molecule has 17 nitrogen and oxygen atoms in total. The number of carbonyl (C=O) groups excluding carboxylic acids is 4. The molecule has 3 N–H and O–H groups in total. The number of hydrogen-bond acceptors (Lipinski definition) is 15. The van der Waals surface area contributed by atoms with Gasteiger partial charge in [-0.2, -0.15) is 0 Å². The van der Waals surface area contributed by atoms with Crippen LogP contribution in [-0.2, 0) is 65.4 Å². The van der Waals surface area contributed by atoms with Crippen molar-refractivity contribution >= 4 is 39.5 Å². The zero-order chi connectivity index (χ0) is 81.7. The topological polar surface area (TPSA) is 237 Å². The highest BCUT2D eigenvalue weighted by Gasteiger charge is 2.30. The smallest absolute Gasteiger partial charge is 0.462 e. The molecule has 0 saturated carbocycles. The highest BCUT2D eigenvalue weighted by Crippen LogP contribution is 2.45. The standard InChI is InChI=1S/C93H144O17P2/c1-5-9-13-17-21-25-29-33-37-40-43-46-50-54-58-62-66-70-74-78-91(96)104-84-89(110-93(98)80-76-72-68-64-60-56-52-48-45-42-39-35-31-27-23-19-15-11-7-3)86-108-112(101,102)106-82-87(94)81-105-111(99,100)107-85-88(83-103-90(95)77-73-69-65-61-57-53-49-36-32-28-24-20-16-12-8-4)109-92(97)79-75-71-67-63-59-55-51-47-44-41-38-34-30-26-22-18-14-10-6-2/h9-11,13-15,21-28,33-39,43-49,54-56,58-60,66-67,70-71,87-89,94H,5-8,12,16-20,29-32,40-42,50-53,57,61-65,68-69,72-86H2,1-4H3,(H,99,100)(H,101,102)/b13-9-,14-10-,15-11-,25-21-,26-22-,27-23-,28-24-,37-33-,38-34-,39-35-,46-43-,47-44-,48-45-,49-36-,58-54-,59-55-,60-56-,70-66-,71-67-/t87-,88+,89+/m0/s1. The minimum Gasteiger partial charge on any atom is -0.462 e. The predicted molar refractivity (Wildman–Crippen MR) is 463 cm³/mol. The largest absolute Gasteiger partial charge is 0.472 e. The summed E-state index contributed by atoms with van der Waals surface area (Å²) in [5.74, 6) is -2.45. The van der Waals surface area contributed by atoms with Crippen molar-refractivity contribution in [2.45, 2.75) is 290 Å². The third-order valence-electron chi connectivity index (χ3n) is 16.1. The fourth-order valence-corrected chi connectivity index (χ4v) is 11.5. The normalized spacial score (nSPS) is 15.0. The molecule has 0 heterocycles. The van der Waals surface area contributed by atoms with Gasteiger partial charge in [0.05, 0.1) is 26.4 Å². The third kappa shape index (κ3) is 81.1. The van der Waals surface area contributed by atoms with E-state index in [0.29, 0.717) is 38.5 Å². The molecule has 0 rings (SSSR count). The van der Waals surface area contributed by atoms with Gasteiger partial charge in [0.2, 0.25) is 0 Å². The third-order valence-corrected chi connectivity index (χ3v) is 18.0. The first kappa shape index (κ1) is 105. The molecule has 0 aliphatic carbocycles. The molecule has 0 aromatic carbocycles. The van der Waals surface area contributed by atoms with Crippen LogP contribution in [0.3, 0.4) is 0 Å². The summed E-state index contributed by atoms with van der Waals surface area (Å²) in [6, 6.07) is 0. The molecule has 0 amide bonds. The molecule has 0 bridgehead atoms. The summed E-state index contributed by atoms with van der Waals surface area (Å²) in [5, 5.41) is 10.7. The Morgan fingerprint density at radius 2 is 0.482 bits per heavy atom. The summed E-state index contributed by atoms with van der Waals surface area (Å²) >= 11 is 0. The number of aliphatic hydroxyl groups is 1. The lowest BCUT2D eigenvalue weighted by molar-refractivity contribution is -0.161. The number of allylic oxidation sites excluding steroid dienone is 38. The minimum absolute atomic E-state index is 0.0160. The predicted octanol–water partition coefficient (Wildman–Crippen LogP) is 25.0. The van der Waals surface area contributed by atoms with Crippen molar-refractivity contribution in [3.05, 3.63) is 231 Å². The van der Waals surface area contributed by atoms with Gasteiger partial charge in [0.15, 0.2) is 12.2 Å². The Kier molecular flexibility index (Phi) is 77.1. The summed E-state index contributed by atoms with van der Waals surface area (Å²) in [4.78, 5) is 73.2. The molecule has 0 aliphatic heterocycles. The average molecular weight is 1600 g/mol. The summed E-state index contributed by atoms with van der Waals surface area (Å²) in [5.41, 5.74) is 0. The number of hydrogen-bond donors (Lipinski definition) is 3. The molecular weight excluding hydrogens is 1450 g/mol. The Morgan fingerprint density at radius 1 is 0.259 bits per heavy atom. The van der Waals surface area contributed by atoms with Gasteiger partial charge in [-0.1, -0.05) is 297 Å². The zero-order valence-corrected chi connectivity index (χ0v) is 70.5. The molecule has 0 aromatic rings. The van der Waals surface area contributed by atoms with Crippen molar-refractivity contribution < 1.29 is 80.2 Å². The highest BCUT2D eigenvalue weighted by atomic mass is 31.2. The lowest BCUT2D eigenvalue weighted by Crippen LogP contribution is -2.30. The molecule has 0 fully saturated rings. The molecule has 0 spiro atoms. The number of aliphatic hydroxyl groups excluding tert-OH is 1. The first-order valence-corrected chi connectivity index (χ1v) is 44.6. The molecule has 0 radical (unpaired) electrons. The second kappa shape index (κ2) is 82.1. The Labute approximate surface area is 676 Å². The van der Waals surface area contributed by atoms with Crippen LogP contribution in [0.5, 0.6) is 0 Å².